The number of benzene rings is 2. The summed E-state index contributed by atoms with van der Waals surface area (Å²) in [4.78, 5) is 36.8. The number of carbonyl (C=O) groups excluding carboxylic acids is 2. The van der Waals surface area contributed by atoms with E-state index in [1.54, 1.807) is 34.9 Å². The van der Waals surface area contributed by atoms with Gasteiger partial charge in [0.2, 0.25) is 11.8 Å². The molecule has 2 N–H and O–H groups in total. The molecule has 6 nitrogen and oxygen atoms in total. The van der Waals surface area contributed by atoms with Crippen molar-refractivity contribution in [1.29, 1.82) is 0 Å². The van der Waals surface area contributed by atoms with Gasteiger partial charge < -0.3 is 10.6 Å². The van der Waals surface area contributed by atoms with Gasteiger partial charge in [-0.15, -0.1) is 0 Å². The first kappa shape index (κ1) is 19.4. The third-order valence-corrected chi connectivity index (χ3v) is 4.64. The first-order valence-electron chi connectivity index (χ1n) is 9.20. The highest BCUT2D eigenvalue weighted by Gasteiger charge is 2.22. The number of amides is 2. The number of pyridine rings is 1. The molecule has 0 fully saturated rings. The minimum absolute atomic E-state index is 0.159. The molecule has 0 saturated heterocycles. The molecule has 0 radical (unpaired) electrons. The highest BCUT2D eigenvalue weighted by atomic mass is 16.2. The SMILES string of the molecule is CCC(C(=O)Nc1ccc(NC(C)=O)cc1)n1c(=O)cc(C)c2ccccc21. The van der Waals surface area contributed by atoms with Crippen molar-refractivity contribution in [2.24, 2.45) is 0 Å². The molecule has 0 aliphatic heterocycles. The number of carbonyl (C=O) groups is 2. The van der Waals surface area contributed by atoms with Crippen molar-refractivity contribution in [3.63, 3.8) is 0 Å². The van der Waals surface area contributed by atoms with E-state index in [2.05, 4.69) is 10.6 Å². The van der Waals surface area contributed by atoms with Gasteiger partial charge in [0.15, 0.2) is 0 Å². The van der Waals surface area contributed by atoms with E-state index < -0.39 is 6.04 Å². The van der Waals surface area contributed by atoms with E-state index in [0.29, 0.717) is 17.8 Å². The molecule has 3 aromatic rings. The summed E-state index contributed by atoms with van der Waals surface area (Å²) in [6, 6.07) is 15.4. The van der Waals surface area contributed by atoms with Crippen molar-refractivity contribution in [2.45, 2.75) is 33.2 Å². The molecule has 0 bridgehead atoms. The molecule has 3 rings (SSSR count). The summed E-state index contributed by atoms with van der Waals surface area (Å²) < 4.78 is 1.56. The Kier molecular flexibility index (Phi) is 5.59. The molecule has 144 valence electrons. The van der Waals surface area contributed by atoms with Gasteiger partial charge in [0.1, 0.15) is 6.04 Å². The minimum atomic E-state index is -0.631. The maximum atomic E-state index is 12.9. The summed E-state index contributed by atoms with van der Waals surface area (Å²) in [5, 5.41) is 6.50. The van der Waals surface area contributed by atoms with Crippen molar-refractivity contribution < 1.29 is 9.59 Å². The Hall–Kier alpha value is -3.41. The van der Waals surface area contributed by atoms with Crippen LogP contribution in [0.3, 0.4) is 0 Å². The Labute approximate surface area is 163 Å². The van der Waals surface area contributed by atoms with Crippen LogP contribution in [0.1, 0.15) is 31.9 Å². The second-order valence-corrected chi connectivity index (χ2v) is 6.72. The fraction of sp³-hybridized carbons (Fsp3) is 0.227. The van der Waals surface area contributed by atoms with Crippen LogP contribution in [0, 0.1) is 6.92 Å². The molecule has 1 atom stereocenters. The van der Waals surface area contributed by atoms with E-state index in [9.17, 15) is 14.4 Å². The van der Waals surface area contributed by atoms with Gasteiger partial charge in [0, 0.05) is 29.8 Å². The molecule has 1 heterocycles. The van der Waals surface area contributed by atoms with Crippen LogP contribution in [0.15, 0.2) is 59.4 Å². The lowest BCUT2D eigenvalue weighted by molar-refractivity contribution is -0.119. The van der Waals surface area contributed by atoms with Gasteiger partial charge in [0.25, 0.3) is 5.56 Å². The van der Waals surface area contributed by atoms with Crippen LogP contribution in [0.2, 0.25) is 0 Å². The first-order valence-corrected chi connectivity index (χ1v) is 9.20. The average Bonchev–Trinajstić information content (AvgIpc) is 2.66. The zero-order valence-corrected chi connectivity index (χ0v) is 16.2. The summed E-state index contributed by atoms with van der Waals surface area (Å²) in [5.41, 5.74) is 2.69. The van der Waals surface area contributed by atoms with Gasteiger partial charge in [-0.1, -0.05) is 25.1 Å². The summed E-state index contributed by atoms with van der Waals surface area (Å²) in [6.45, 7) is 5.21. The lowest BCUT2D eigenvalue weighted by Gasteiger charge is -2.21. The highest BCUT2D eigenvalue weighted by molar-refractivity contribution is 5.95. The smallest absolute Gasteiger partial charge is 0.252 e. The molecule has 0 saturated carbocycles. The molecule has 0 aliphatic rings. The highest BCUT2D eigenvalue weighted by Crippen LogP contribution is 2.22. The Morgan fingerprint density at radius 2 is 1.61 bits per heavy atom. The zero-order chi connectivity index (χ0) is 20.3. The van der Waals surface area contributed by atoms with E-state index in [0.717, 1.165) is 16.5 Å². The van der Waals surface area contributed by atoms with Crippen molar-refractivity contribution in [3.8, 4) is 0 Å². The van der Waals surface area contributed by atoms with Gasteiger partial charge in [0.05, 0.1) is 5.52 Å². The summed E-state index contributed by atoms with van der Waals surface area (Å²) in [5.74, 6) is -0.417. The maximum absolute atomic E-state index is 12.9. The van der Waals surface area contributed by atoms with Gasteiger partial charge in [-0.2, -0.15) is 0 Å². The van der Waals surface area contributed by atoms with E-state index >= 15 is 0 Å². The van der Waals surface area contributed by atoms with E-state index in [1.807, 2.05) is 38.1 Å². The van der Waals surface area contributed by atoms with E-state index in [4.69, 9.17) is 0 Å². The third kappa shape index (κ3) is 3.96. The van der Waals surface area contributed by atoms with Crippen molar-refractivity contribution in [3.05, 3.63) is 70.5 Å². The molecular weight excluding hydrogens is 354 g/mol. The van der Waals surface area contributed by atoms with Gasteiger partial charge in [-0.3, -0.25) is 19.0 Å². The number of nitrogens with one attached hydrogen (secondary N) is 2. The second kappa shape index (κ2) is 8.08. The quantitative estimate of drug-likeness (QED) is 0.708. The number of anilines is 2. The molecule has 2 amide bonds. The van der Waals surface area contributed by atoms with Gasteiger partial charge in [-0.05, 0) is 49.2 Å². The third-order valence-electron chi connectivity index (χ3n) is 4.64. The van der Waals surface area contributed by atoms with Gasteiger partial charge >= 0.3 is 0 Å². The Bertz CT molecular complexity index is 1080. The fourth-order valence-corrected chi connectivity index (χ4v) is 3.34. The molecule has 0 spiro atoms. The van der Waals surface area contributed by atoms with Gasteiger partial charge in [-0.25, -0.2) is 0 Å². The lowest BCUT2D eigenvalue weighted by Crippen LogP contribution is -2.33. The number of fused-ring (bicyclic) bond motifs is 1. The Morgan fingerprint density at radius 3 is 2.21 bits per heavy atom. The summed E-state index contributed by atoms with van der Waals surface area (Å²) in [6.07, 6.45) is 0.475. The van der Waals surface area contributed by atoms with Crippen LogP contribution in [0.5, 0.6) is 0 Å². The van der Waals surface area contributed by atoms with Crippen molar-refractivity contribution >= 4 is 34.1 Å². The fourth-order valence-electron chi connectivity index (χ4n) is 3.34. The number of hydrogen-bond acceptors (Lipinski definition) is 3. The van der Waals surface area contributed by atoms with Crippen LogP contribution < -0.4 is 16.2 Å². The number of nitrogens with zero attached hydrogens (tertiary/aromatic N) is 1. The molecule has 0 aliphatic carbocycles. The Balaban J connectivity index is 1.92. The van der Waals surface area contributed by atoms with E-state index in [-0.39, 0.29) is 17.4 Å². The predicted octanol–water partition coefficient (Wildman–Crippen LogP) is 3.86. The topological polar surface area (TPSA) is 80.2 Å². The molecule has 28 heavy (non-hydrogen) atoms. The predicted molar refractivity (Wildman–Crippen MR) is 112 cm³/mol. The van der Waals surface area contributed by atoms with Crippen LogP contribution in [-0.4, -0.2) is 16.4 Å². The first-order chi connectivity index (χ1) is 13.4. The van der Waals surface area contributed by atoms with Crippen LogP contribution in [0.4, 0.5) is 11.4 Å². The Morgan fingerprint density at radius 1 is 1.00 bits per heavy atom. The van der Waals surface area contributed by atoms with Crippen LogP contribution >= 0.6 is 0 Å². The average molecular weight is 377 g/mol. The normalized spacial score (nSPS) is 11.8. The molecule has 2 aromatic carbocycles. The lowest BCUT2D eigenvalue weighted by atomic mass is 10.1. The number of rotatable bonds is 5. The number of aryl methyl sites for hydroxylation is 1. The molecule has 6 heteroatoms. The summed E-state index contributed by atoms with van der Waals surface area (Å²) in [7, 11) is 0. The van der Waals surface area contributed by atoms with Crippen LogP contribution in [0.25, 0.3) is 10.9 Å². The zero-order valence-electron chi connectivity index (χ0n) is 16.2. The number of hydrogen-bond donors (Lipinski definition) is 2. The van der Waals surface area contributed by atoms with Crippen molar-refractivity contribution in [1.82, 2.24) is 4.57 Å². The van der Waals surface area contributed by atoms with E-state index in [1.165, 1.54) is 6.92 Å². The maximum Gasteiger partial charge on any atom is 0.252 e. The largest absolute Gasteiger partial charge is 0.326 e. The molecule has 1 aromatic heterocycles. The van der Waals surface area contributed by atoms with Crippen LogP contribution in [-0.2, 0) is 9.59 Å². The monoisotopic (exact) mass is 377 g/mol. The molecular formula is C22H23N3O3. The van der Waals surface area contributed by atoms with Crippen molar-refractivity contribution in [2.75, 3.05) is 10.6 Å². The molecule has 1 unspecified atom stereocenters. The number of para-hydroxylation sites is 1. The second-order valence-electron chi connectivity index (χ2n) is 6.72. The minimum Gasteiger partial charge on any atom is -0.326 e. The number of aromatic nitrogens is 1. The summed E-state index contributed by atoms with van der Waals surface area (Å²) >= 11 is 0. The standard InChI is InChI=1S/C22H23N3O3/c1-4-19(22(28)24-17-11-9-16(10-12-17)23-15(3)26)25-20-8-6-5-7-18(20)14(2)13-21(25)27/h5-13,19H,4H2,1-3H3,(H,23,26)(H,24,28).